The van der Waals surface area contributed by atoms with Crippen LogP contribution in [0.3, 0.4) is 0 Å². The summed E-state index contributed by atoms with van der Waals surface area (Å²) in [5.41, 5.74) is 5.71. The summed E-state index contributed by atoms with van der Waals surface area (Å²) in [5.74, 6) is -2.57. The molecule has 5 heterocycles. The van der Waals surface area contributed by atoms with Gasteiger partial charge in [-0.1, -0.05) is 17.4 Å². The van der Waals surface area contributed by atoms with Crippen molar-refractivity contribution in [3.63, 3.8) is 0 Å². The minimum atomic E-state index is -1.61. The number of ether oxygens (including phenoxy) is 1. The van der Waals surface area contributed by atoms with Gasteiger partial charge in [-0.05, 0) is 6.07 Å². The first-order chi connectivity index (χ1) is 18.2. The van der Waals surface area contributed by atoms with Crippen LogP contribution < -0.4 is 50.5 Å². The largest absolute Gasteiger partial charge is 1.00 e. The number of aliphatic carboxylic acids is 1. The molecule has 3 N–H and O–H groups in total. The van der Waals surface area contributed by atoms with Gasteiger partial charge in [-0.25, -0.2) is 4.98 Å². The van der Waals surface area contributed by atoms with Crippen LogP contribution in [0.4, 0.5) is 5.13 Å². The number of carboxylic acids is 1. The SMILES string of the molecule is CO/N=C(\C(=O)N[C@@H]1C(=O)N2C(C(=O)[O-])=C(C(=S)c3nnc4ccc(OC)nn34)CS[C@@H]12)c1csc(N)n1.[Na+]. The van der Waals surface area contributed by atoms with E-state index in [0.717, 1.165) is 16.2 Å². The Kier molecular flexibility index (Phi) is 8.52. The van der Waals surface area contributed by atoms with E-state index in [2.05, 4.69) is 30.8 Å². The summed E-state index contributed by atoms with van der Waals surface area (Å²) >= 11 is 7.86. The summed E-state index contributed by atoms with van der Waals surface area (Å²) in [6, 6.07) is 2.15. The smallest absolute Gasteiger partial charge is 0.543 e. The van der Waals surface area contributed by atoms with E-state index in [1.807, 2.05) is 0 Å². The molecule has 2 aliphatic rings. The summed E-state index contributed by atoms with van der Waals surface area (Å²) in [6.45, 7) is 0. The number of methoxy groups -OCH3 is 1. The van der Waals surface area contributed by atoms with Gasteiger partial charge in [0.05, 0.1) is 23.6 Å². The standard InChI is InChI=1S/C20H17N9O6S3.Na/c1-34-10-4-3-9-24-25-15(29(9)26-10)14(36)7-5-37-18-12(17(31)28(18)13(7)19(32)33)23-16(30)11(27-35-2)8-6-38-20(21)22-8;/h3-4,6,12,18H,5H2,1-2H3,(H2,21,22)(H,23,30)(H,32,33);/q;+1/p-1/b27-11-;/t12-,18+;/m1./s1. The second kappa shape index (κ2) is 11.5. The number of oxime groups is 1. The quantitative estimate of drug-likeness (QED) is 0.0627. The van der Waals surface area contributed by atoms with Gasteiger partial charge in [-0.3, -0.25) is 14.5 Å². The molecule has 0 bridgehead atoms. The van der Waals surface area contributed by atoms with E-state index in [1.165, 1.54) is 35.9 Å². The van der Waals surface area contributed by atoms with E-state index < -0.39 is 34.9 Å². The maximum Gasteiger partial charge on any atom is 1.00 e. The Morgan fingerprint density at radius 1 is 1.31 bits per heavy atom. The van der Waals surface area contributed by atoms with Crippen molar-refractivity contribution in [2.75, 3.05) is 25.7 Å². The average Bonchev–Trinajstić information content (AvgIpc) is 3.54. The molecule has 2 aliphatic heterocycles. The molecular formula is C20H16N9NaO6S3. The number of carbonyl (C=O) groups excluding carboxylic acids is 3. The van der Waals surface area contributed by atoms with Crippen molar-refractivity contribution in [2.45, 2.75) is 11.4 Å². The molecule has 19 heteroatoms. The Labute approximate surface area is 255 Å². The first-order valence-corrected chi connectivity index (χ1v) is 12.9. The fraction of sp³-hybridized carbons (Fsp3) is 0.250. The number of hydrogen-bond acceptors (Lipinski definition) is 15. The van der Waals surface area contributed by atoms with Gasteiger partial charge in [0.2, 0.25) is 5.88 Å². The van der Waals surface area contributed by atoms with Gasteiger partial charge in [-0.15, -0.1) is 38.4 Å². The van der Waals surface area contributed by atoms with Gasteiger partial charge in [0.15, 0.2) is 22.3 Å². The number of amides is 2. The van der Waals surface area contributed by atoms with Crippen molar-refractivity contribution < 1.29 is 58.6 Å². The number of rotatable bonds is 8. The Balaban J connectivity index is 0.00000353. The molecular weight excluding hydrogens is 581 g/mol. The van der Waals surface area contributed by atoms with Crippen molar-refractivity contribution >= 4 is 74.5 Å². The number of β-lactam (4-membered cyclic amide) rings is 1. The topological polar surface area (TPSA) is 202 Å². The molecule has 15 nitrogen and oxygen atoms in total. The molecule has 2 amide bonds. The maximum absolute atomic E-state index is 13.1. The van der Waals surface area contributed by atoms with E-state index in [0.29, 0.717) is 5.65 Å². The van der Waals surface area contributed by atoms with Gasteiger partial charge < -0.3 is 30.5 Å². The summed E-state index contributed by atoms with van der Waals surface area (Å²) in [7, 11) is 2.69. The third kappa shape index (κ3) is 5.10. The number of nitrogen functional groups attached to an aromatic ring is 1. The van der Waals surface area contributed by atoms with Crippen LogP contribution in [0.2, 0.25) is 0 Å². The summed E-state index contributed by atoms with van der Waals surface area (Å²) < 4.78 is 6.45. The number of aromatic nitrogens is 5. The molecule has 0 aromatic carbocycles. The number of anilines is 1. The number of carboxylic acid groups (broad SMARTS) is 1. The molecule has 0 saturated carbocycles. The number of fused-ring (bicyclic) bond motifs is 2. The van der Waals surface area contributed by atoms with Gasteiger partial charge in [0.1, 0.15) is 24.2 Å². The number of nitrogens with one attached hydrogen (secondary N) is 1. The molecule has 5 rings (SSSR count). The van der Waals surface area contributed by atoms with Gasteiger partial charge >= 0.3 is 29.6 Å². The molecule has 3 aromatic rings. The average molecular weight is 598 g/mol. The summed E-state index contributed by atoms with van der Waals surface area (Å²) in [5, 5.41) is 31.7. The number of thioether (sulfide) groups is 1. The van der Waals surface area contributed by atoms with Crippen LogP contribution >= 0.6 is 35.3 Å². The number of hydrogen-bond donors (Lipinski definition) is 2. The van der Waals surface area contributed by atoms with Crippen LogP contribution in [0.5, 0.6) is 5.88 Å². The molecule has 39 heavy (non-hydrogen) atoms. The van der Waals surface area contributed by atoms with Crippen molar-refractivity contribution in [1.82, 2.24) is 35.0 Å². The first-order valence-electron chi connectivity index (χ1n) is 10.6. The van der Waals surface area contributed by atoms with Gasteiger partial charge in [0.25, 0.3) is 11.8 Å². The van der Waals surface area contributed by atoms with Crippen LogP contribution in [0.15, 0.2) is 33.9 Å². The van der Waals surface area contributed by atoms with Gasteiger partial charge in [0, 0.05) is 22.8 Å². The Morgan fingerprint density at radius 3 is 2.72 bits per heavy atom. The third-order valence-corrected chi connectivity index (χ3v) is 7.92. The molecule has 196 valence electrons. The van der Waals surface area contributed by atoms with Crippen LogP contribution in [0.25, 0.3) is 5.65 Å². The Morgan fingerprint density at radius 2 is 2.08 bits per heavy atom. The van der Waals surface area contributed by atoms with Crippen molar-refractivity contribution in [2.24, 2.45) is 5.16 Å². The second-order valence-electron chi connectivity index (χ2n) is 7.67. The number of thiazole rings is 1. The van der Waals surface area contributed by atoms with Crippen LogP contribution in [-0.4, -0.2) is 89.4 Å². The fourth-order valence-corrected chi connectivity index (χ4v) is 6.13. The minimum absolute atomic E-state index is 0. The van der Waals surface area contributed by atoms with E-state index in [1.54, 1.807) is 12.1 Å². The minimum Gasteiger partial charge on any atom is -0.543 e. The zero-order chi connectivity index (χ0) is 27.1. The molecule has 0 radical (unpaired) electrons. The van der Waals surface area contributed by atoms with Crippen LogP contribution in [0, 0.1) is 0 Å². The van der Waals surface area contributed by atoms with Gasteiger partial charge in [-0.2, -0.15) is 4.52 Å². The van der Waals surface area contributed by atoms with E-state index in [9.17, 15) is 19.5 Å². The Hall–Kier alpha value is -3.16. The molecule has 0 spiro atoms. The number of nitrogens with zero attached hydrogens (tertiary/aromatic N) is 7. The van der Waals surface area contributed by atoms with E-state index in [-0.39, 0.29) is 74.0 Å². The monoisotopic (exact) mass is 597 g/mol. The predicted molar refractivity (Wildman–Crippen MR) is 136 cm³/mol. The summed E-state index contributed by atoms with van der Waals surface area (Å²) in [6.07, 6.45) is 0. The molecule has 1 fully saturated rings. The molecule has 3 aromatic heterocycles. The van der Waals surface area contributed by atoms with Crippen molar-refractivity contribution in [3.8, 4) is 5.88 Å². The van der Waals surface area contributed by atoms with Crippen molar-refractivity contribution in [1.29, 1.82) is 0 Å². The number of thiocarbonyl (C=S) groups is 1. The van der Waals surface area contributed by atoms with E-state index >= 15 is 0 Å². The molecule has 2 atom stereocenters. The Bertz CT molecular complexity index is 1570. The van der Waals surface area contributed by atoms with E-state index in [4.69, 9.17) is 27.5 Å². The normalized spacial score (nSPS) is 18.7. The molecule has 1 saturated heterocycles. The fourth-order valence-electron chi connectivity index (χ4n) is 3.84. The zero-order valence-electron chi connectivity index (χ0n) is 20.5. The zero-order valence-corrected chi connectivity index (χ0v) is 24.9. The third-order valence-electron chi connectivity index (χ3n) is 5.54. The number of nitrogens with two attached hydrogens (primary N) is 1. The maximum atomic E-state index is 13.1. The second-order valence-corrected chi connectivity index (χ2v) is 10.1. The molecule has 0 unspecified atom stereocenters. The molecule has 0 aliphatic carbocycles. The van der Waals surface area contributed by atoms with Crippen LogP contribution in [0.1, 0.15) is 11.5 Å². The number of carbonyl (C=O) groups is 3. The van der Waals surface area contributed by atoms with Crippen LogP contribution in [-0.2, 0) is 19.2 Å². The first kappa shape index (κ1) is 28.8. The predicted octanol–water partition coefficient (Wildman–Crippen LogP) is -4.65. The summed E-state index contributed by atoms with van der Waals surface area (Å²) in [4.78, 5) is 48.0. The van der Waals surface area contributed by atoms with Crippen molar-refractivity contribution in [3.05, 3.63) is 40.3 Å².